The first kappa shape index (κ1) is 26.6. The molecule has 0 aromatic carbocycles. The van der Waals surface area contributed by atoms with Crippen LogP contribution in [0.1, 0.15) is 86.5 Å². The second-order valence-corrected chi connectivity index (χ2v) is 14.8. The van der Waals surface area contributed by atoms with Crippen molar-refractivity contribution in [1.82, 2.24) is 10.2 Å². The first-order valence-electron chi connectivity index (χ1n) is 14.5. The van der Waals surface area contributed by atoms with Crippen LogP contribution < -0.4 is 5.32 Å². The minimum Gasteiger partial charge on any atom is -0.396 e. The van der Waals surface area contributed by atoms with E-state index in [1.165, 1.54) is 0 Å². The Kier molecular flexibility index (Phi) is 5.93. The highest BCUT2D eigenvalue weighted by Crippen LogP contribution is 2.87. The summed E-state index contributed by atoms with van der Waals surface area (Å²) in [5.41, 5.74) is -1.10. The third-order valence-electron chi connectivity index (χ3n) is 13.2. The number of rotatable bonds is 5. The maximum Gasteiger partial charge on any atom is 0.222 e. The Balaban J connectivity index is 1.51. The first-order valence-corrected chi connectivity index (χ1v) is 14.5. The van der Waals surface area contributed by atoms with Crippen LogP contribution in [0.3, 0.4) is 0 Å². The van der Waals surface area contributed by atoms with E-state index in [4.69, 9.17) is 0 Å². The lowest BCUT2D eigenvalue weighted by Crippen LogP contribution is -2.64. The van der Waals surface area contributed by atoms with E-state index in [0.29, 0.717) is 12.2 Å². The van der Waals surface area contributed by atoms with Crippen LogP contribution in [-0.4, -0.2) is 65.7 Å². The van der Waals surface area contributed by atoms with Gasteiger partial charge in [-0.25, -0.2) is 0 Å². The largest absolute Gasteiger partial charge is 0.396 e. The number of Topliss-reactive ketones (excluding diaryl/α,β-unsaturated/α-hetero) is 1. The van der Waals surface area contributed by atoms with Crippen molar-refractivity contribution >= 4 is 11.7 Å². The molecule has 0 saturated heterocycles. The standard InChI is InChI=1S/C30H50N2O4/c1-17(2)25(36)31-22-11-12-29-15-30(29)21(10-9-20(29)26(22,4)16-33)27(5)13-19(34)24(18(3)32(7)8)28(27,6)14-23(30)35/h17-22,24,33-34H,9-16H2,1-8H3,(H,31,36)/t18-,19+,20-,21-,22-,24-,26-,27-,28+,29?,30?/m0/s1. The number of hydrogen-bond donors (Lipinski definition) is 3. The van der Waals surface area contributed by atoms with Crippen LogP contribution in [0.2, 0.25) is 0 Å². The zero-order chi connectivity index (χ0) is 26.6. The normalized spacial score (nSPS) is 52.3. The van der Waals surface area contributed by atoms with Crippen molar-refractivity contribution in [3.63, 3.8) is 0 Å². The molecule has 5 rings (SSSR count). The van der Waals surface area contributed by atoms with Crippen LogP contribution in [0.25, 0.3) is 0 Å². The minimum absolute atomic E-state index is 0.0352. The molecule has 0 bridgehead atoms. The molecule has 204 valence electrons. The maximum absolute atomic E-state index is 14.4. The summed E-state index contributed by atoms with van der Waals surface area (Å²) in [5, 5.41) is 25.5. The van der Waals surface area contributed by atoms with E-state index in [9.17, 15) is 19.8 Å². The zero-order valence-corrected chi connectivity index (χ0v) is 23.9. The fourth-order valence-electron chi connectivity index (χ4n) is 11.0. The highest BCUT2D eigenvalue weighted by molar-refractivity contribution is 5.92. The van der Waals surface area contributed by atoms with Gasteiger partial charge in [0.05, 0.1) is 12.7 Å². The zero-order valence-electron chi connectivity index (χ0n) is 23.9. The molecule has 0 aromatic heterocycles. The molecule has 3 N–H and O–H groups in total. The molecule has 6 nitrogen and oxygen atoms in total. The molecule has 5 aliphatic rings. The molecular weight excluding hydrogens is 452 g/mol. The summed E-state index contributed by atoms with van der Waals surface area (Å²) in [7, 11) is 4.16. The number of amides is 1. The van der Waals surface area contributed by atoms with Gasteiger partial charge < -0.3 is 20.4 Å². The number of fused-ring (bicyclic) bond motifs is 2. The molecule has 0 heterocycles. The Morgan fingerprint density at radius 3 is 2.31 bits per heavy atom. The smallest absolute Gasteiger partial charge is 0.222 e. The fourth-order valence-corrected chi connectivity index (χ4v) is 11.0. The van der Waals surface area contributed by atoms with Gasteiger partial charge in [-0.05, 0) is 87.6 Å². The Morgan fingerprint density at radius 2 is 1.72 bits per heavy atom. The van der Waals surface area contributed by atoms with Crippen molar-refractivity contribution in [2.24, 2.45) is 50.7 Å². The van der Waals surface area contributed by atoms with Gasteiger partial charge in [0, 0.05) is 41.2 Å². The number of nitrogens with one attached hydrogen (secondary N) is 1. The van der Waals surface area contributed by atoms with E-state index in [2.05, 4.69) is 52.0 Å². The quantitative estimate of drug-likeness (QED) is 0.534. The summed E-state index contributed by atoms with van der Waals surface area (Å²) in [6.45, 7) is 12.9. The van der Waals surface area contributed by atoms with Crippen molar-refractivity contribution < 1.29 is 19.8 Å². The van der Waals surface area contributed by atoms with E-state index in [0.717, 1.165) is 38.5 Å². The molecule has 0 aromatic rings. The maximum atomic E-state index is 14.4. The minimum atomic E-state index is -0.420. The number of ketones is 1. The lowest BCUT2D eigenvalue weighted by Gasteiger charge is -2.63. The lowest BCUT2D eigenvalue weighted by molar-refractivity contribution is -0.173. The molecule has 2 unspecified atom stereocenters. The van der Waals surface area contributed by atoms with Gasteiger partial charge in [0.1, 0.15) is 5.78 Å². The Bertz CT molecular complexity index is 951. The number of aliphatic hydroxyl groups is 2. The van der Waals surface area contributed by atoms with Crippen molar-refractivity contribution in [3.05, 3.63) is 0 Å². The van der Waals surface area contributed by atoms with Crippen LogP contribution in [0.4, 0.5) is 0 Å². The first-order chi connectivity index (χ1) is 16.7. The summed E-state index contributed by atoms with van der Waals surface area (Å²) < 4.78 is 0. The van der Waals surface area contributed by atoms with Gasteiger partial charge in [-0.1, -0.05) is 34.6 Å². The average molecular weight is 503 g/mol. The molecule has 6 heteroatoms. The molecule has 0 aliphatic heterocycles. The van der Waals surface area contributed by atoms with E-state index in [1.807, 2.05) is 13.8 Å². The predicted octanol–water partition coefficient (Wildman–Crippen LogP) is 3.64. The van der Waals surface area contributed by atoms with Gasteiger partial charge in [0.15, 0.2) is 0 Å². The second kappa shape index (κ2) is 8.02. The molecule has 1 amide bonds. The van der Waals surface area contributed by atoms with Gasteiger partial charge in [0.2, 0.25) is 5.91 Å². The van der Waals surface area contributed by atoms with E-state index < -0.39 is 11.5 Å². The van der Waals surface area contributed by atoms with E-state index in [1.54, 1.807) is 0 Å². The average Bonchev–Trinajstić information content (AvgIpc) is 3.44. The highest BCUT2D eigenvalue weighted by Gasteiger charge is 2.86. The summed E-state index contributed by atoms with van der Waals surface area (Å²) in [6.07, 6.45) is 5.60. The Morgan fingerprint density at radius 1 is 1.08 bits per heavy atom. The molecule has 36 heavy (non-hydrogen) atoms. The predicted molar refractivity (Wildman–Crippen MR) is 140 cm³/mol. The van der Waals surface area contributed by atoms with Gasteiger partial charge >= 0.3 is 0 Å². The second-order valence-electron chi connectivity index (χ2n) is 14.8. The van der Waals surface area contributed by atoms with Crippen LogP contribution in [0, 0.1) is 50.7 Å². The van der Waals surface area contributed by atoms with Crippen LogP contribution in [0.5, 0.6) is 0 Å². The molecule has 5 saturated carbocycles. The number of carbonyl (C=O) groups excluding carboxylic acids is 2. The van der Waals surface area contributed by atoms with E-state index >= 15 is 0 Å². The van der Waals surface area contributed by atoms with Gasteiger partial charge in [-0.2, -0.15) is 0 Å². The third-order valence-corrected chi connectivity index (χ3v) is 13.2. The highest BCUT2D eigenvalue weighted by atomic mass is 16.3. The van der Waals surface area contributed by atoms with E-state index in [-0.39, 0.29) is 69.9 Å². The fraction of sp³-hybridized carbons (Fsp3) is 0.933. The number of carbonyl (C=O) groups is 2. The third kappa shape index (κ3) is 2.96. The van der Waals surface area contributed by atoms with Crippen LogP contribution >= 0.6 is 0 Å². The van der Waals surface area contributed by atoms with Crippen LogP contribution in [0.15, 0.2) is 0 Å². The van der Waals surface area contributed by atoms with Crippen molar-refractivity contribution in [2.75, 3.05) is 20.7 Å². The van der Waals surface area contributed by atoms with Gasteiger partial charge in [-0.15, -0.1) is 0 Å². The molecule has 0 radical (unpaired) electrons. The summed E-state index contributed by atoms with van der Waals surface area (Å²) in [6, 6.07) is 0.149. The summed E-state index contributed by atoms with van der Waals surface area (Å²) >= 11 is 0. The SMILES string of the molecule is CC(C)C(=O)N[C@H]1CCC23CC24C(=O)C[C@]2(C)[C@@H]([C@H](C)N(C)C)[C@H](O)C[C@@]2(C)[C@@H]4CC[C@H]3[C@]1(C)CO. The number of aliphatic hydroxyl groups excluding tert-OH is 2. The summed E-state index contributed by atoms with van der Waals surface area (Å²) in [5.74, 6) is 0.982. The van der Waals surface area contributed by atoms with Gasteiger partial charge in [0.25, 0.3) is 0 Å². The number of nitrogens with zero attached hydrogens (tertiary/aromatic N) is 1. The monoisotopic (exact) mass is 502 g/mol. The molecule has 5 fully saturated rings. The molecule has 11 atom stereocenters. The van der Waals surface area contributed by atoms with Crippen molar-refractivity contribution in [3.8, 4) is 0 Å². The summed E-state index contributed by atoms with van der Waals surface area (Å²) in [4.78, 5) is 29.2. The molecule has 5 aliphatic carbocycles. The van der Waals surface area contributed by atoms with Crippen molar-refractivity contribution in [1.29, 1.82) is 0 Å². The Hall–Kier alpha value is -0.980. The molecule has 2 spiro atoms. The molecular formula is C30H50N2O4. The topological polar surface area (TPSA) is 89.9 Å². The number of hydrogen-bond acceptors (Lipinski definition) is 5. The Labute approximate surface area is 218 Å². The van der Waals surface area contributed by atoms with Crippen LogP contribution in [-0.2, 0) is 9.59 Å². The van der Waals surface area contributed by atoms with Gasteiger partial charge in [-0.3, -0.25) is 9.59 Å². The lowest BCUT2D eigenvalue weighted by atomic mass is 9.41. The van der Waals surface area contributed by atoms with Crippen molar-refractivity contribution in [2.45, 2.75) is 105 Å².